The molecule has 7 heteroatoms. The molecule has 0 aromatic heterocycles. The van der Waals surface area contributed by atoms with Crippen LogP contribution in [0.1, 0.15) is 39.5 Å². The summed E-state index contributed by atoms with van der Waals surface area (Å²) in [5, 5.41) is 11.4. The van der Waals surface area contributed by atoms with Crippen molar-refractivity contribution in [3.63, 3.8) is 0 Å². The smallest absolute Gasteiger partial charge is 0.326 e. The number of hydrogen-bond donors (Lipinski definition) is 2. The Balaban J connectivity index is 4.03. The molecule has 0 saturated heterocycles. The summed E-state index contributed by atoms with van der Waals surface area (Å²) in [6, 6.07) is -1.04. The van der Waals surface area contributed by atoms with Crippen LogP contribution in [0, 0.1) is 0 Å². The number of rotatable bonds is 11. The second kappa shape index (κ2) is 11.6. The molecule has 0 aromatic carbocycles. The van der Waals surface area contributed by atoms with Crippen molar-refractivity contribution in [2.24, 2.45) is 0 Å². The van der Waals surface area contributed by atoms with Gasteiger partial charge >= 0.3 is 11.9 Å². The lowest BCUT2D eigenvalue weighted by Crippen LogP contribution is -2.42. The minimum Gasteiger partial charge on any atom is -0.480 e. The molecule has 0 saturated carbocycles. The highest BCUT2D eigenvalue weighted by atomic mass is 32.2. The van der Waals surface area contributed by atoms with Gasteiger partial charge in [-0.25, -0.2) is 4.79 Å². The van der Waals surface area contributed by atoms with E-state index in [9.17, 15) is 14.4 Å². The second-order valence-corrected chi connectivity index (χ2v) is 5.31. The van der Waals surface area contributed by atoms with E-state index in [4.69, 9.17) is 9.84 Å². The fraction of sp³-hybridized carbons (Fsp3) is 0.769. The van der Waals surface area contributed by atoms with Gasteiger partial charge in [-0.05, 0) is 25.5 Å². The highest BCUT2D eigenvalue weighted by Crippen LogP contribution is 2.05. The van der Waals surface area contributed by atoms with Crippen LogP contribution < -0.4 is 5.32 Å². The number of carboxylic acid groups (broad SMARTS) is 1. The Morgan fingerprint density at radius 3 is 2.55 bits per heavy atom. The van der Waals surface area contributed by atoms with Gasteiger partial charge in [0.1, 0.15) is 6.04 Å². The van der Waals surface area contributed by atoms with Gasteiger partial charge in [-0.15, -0.1) is 0 Å². The Hall–Kier alpha value is -1.24. The summed E-state index contributed by atoms with van der Waals surface area (Å²) >= 11 is 1.48. The predicted molar refractivity (Wildman–Crippen MR) is 77.7 cm³/mol. The number of carbonyl (C=O) groups is 3. The van der Waals surface area contributed by atoms with Crippen molar-refractivity contribution >= 4 is 29.6 Å². The molecule has 20 heavy (non-hydrogen) atoms. The fourth-order valence-corrected chi connectivity index (χ4v) is 2.31. The number of esters is 1. The van der Waals surface area contributed by atoms with E-state index in [2.05, 4.69) is 12.2 Å². The van der Waals surface area contributed by atoms with E-state index in [1.807, 2.05) is 0 Å². The number of hydrogen-bond acceptors (Lipinski definition) is 5. The Morgan fingerprint density at radius 1 is 1.30 bits per heavy atom. The maximum Gasteiger partial charge on any atom is 0.326 e. The van der Waals surface area contributed by atoms with Crippen LogP contribution in [-0.2, 0) is 19.1 Å². The summed E-state index contributed by atoms with van der Waals surface area (Å²) in [4.78, 5) is 33.8. The van der Waals surface area contributed by atoms with E-state index < -0.39 is 18.0 Å². The molecule has 0 aromatic rings. The number of carbonyl (C=O) groups excluding carboxylic acids is 2. The van der Waals surface area contributed by atoms with Crippen LogP contribution in [0.15, 0.2) is 0 Å². The Morgan fingerprint density at radius 2 is 2.00 bits per heavy atom. The molecular formula is C13H23NO5S. The van der Waals surface area contributed by atoms with Crippen molar-refractivity contribution in [1.29, 1.82) is 0 Å². The van der Waals surface area contributed by atoms with Crippen LogP contribution in [0.4, 0.5) is 0 Å². The number of nitrogens with one attached hydrogen (secondary N) is 1. The fourth-order valence-electron chi connectivity index (χ4n) is 1.40. The van der Waals surface area contributed by atoms with Crippen molar-refractivity contribution in [1.82, 2.24) is 5.32 Å². The van der Waals surface area contributed by atoms with Crippen molar-refractivity contribution in [3.8, 4) is 0 Å². The third-order valence-corrected chi connectivity index (χ3v) is 3.49. The summed E-state index contributed by atoms with van der Waals surface area (Å²) in [6.07, 6.45) is 2.11. The normalized spacial score (nSPS) is 11.7. The third-order valence-electron chi connectivity index (χ3n) is 2.45. The Bertz CT molecular complexity index is 322. The van der Waals surface area contributed by atoms with E-state index in [1.54, 1.807) is 6.92 Å². The summed E-state index contributed by atoms with van der Waals surface area (Å²) in [7, 11) is 0. The summed E-state index contributed by atoms with van der Waals surface area (Å²) < 4.78 is 4.72. The number of unbranched alkanes of at least 4 members (excludes halogenated alkanes) is 1. The summed E-state index contributed by atoms with van der Waals surface area (Å²) in [5.41, 5.74) is 0. The minimum atomic E-state index is -1.14. The average Bonchev–Trinajstić information content (AvgIpc) is 2.39. The van der Waals surface area contributed by atoms with Crippen LogP contribution in [0.5, 0.6) is 0 Å². The lowest BCUT2D eigenvalue weighted by Gasteiger charge is -2.14. The first-order valence-electron chi connectivity index (χ1n) is 6.76. The molecular weight excluding hydrogens is 282 g/mol. The third kappa shape index (κ3) is 9.66. The molecule has 0 aliphatic carbocycles. The van der Waals surface area contributed by atoms with Crippen LogP contribution in [0.25, 0.3) is 0 Å². The van der Waals surface area contributed by atoms with Crippen LogP contribution >= 0.6 is 11.8 Å². The molecule has 0 unspecified atom stereocenters. The largest absolute Gasteiger partial charge is 0.480 e. The van der Waals surface area contributed by atoms with Gasteiger partial charge in [0.15, 0.2) is 0 Å². The van der Waals surface area contributed by atoms with Gasteiger partial charge in [0.25, 0.3) is 0 Å². The van der Waals surface area contributed by atoms with Crippen molar-refractivity contribution < 1.29 is 24.2 Å². The molecule has 1 atom stereocenters. The lowest BCUT2D eigenvalue weighted by atomic mass is 10.1. The first kappa shape index (κ1) is 18.8. The van der Waals surface area contributed by atoms with Crippen molar-refractivity contribution in [2.45, 2.75) is 45.6 Å². The lowest BCUT2D eigenvalue weighted by molar-refractivity contribution is -0.145. The van der Waals surface area contributed by atoms with Crippen molar-refractivity contribution in [3.05, 3.63) is 0 Å². The summed E-state index contributed by atoms with van der Waals surface area (Å²) in [6.45, 7) is 4.01. The van der Waals surface area contributed by atoms with Gasteiger partial charge in [-0.3, -0.25) is 9.59 Å². The quantitative estimate of drug-likeness (QED) is 0.443. The monoisotopic (exact) mass is 305 g/mol. The molecule has 0 fully saturated rings. The van der Waals surface area contributed by atoms with E-state index >= 15 is 0 Å². The number of ether oxygens (including phenoxy) is 1. The first-order chi connectivity index (χ1) is 9.51. The molecule has 1 amide bonds. The second-order valence-electron chi connectivity index (χ2n) is 4.21. The molecule has 0 radical (unpaired) electrons. The predicted octanol–water partition coefficient (Wildman–Crippen LogP) is 1.43. The SMILES string of the molecule is CCCCSCC(=O)N[C@@H](CCC(=O)OCC)C(=O)O. The van der Waals surface area contributed by atoms with E-state index in [0.29, 0.717) is 0 Å². The van der Waals surface area contributed by atoms with Crippen molar-refractivity contribution in [2.75, 3.05) is 18.1 Å². The van der Waals surface area contributed by atoms with Crippen LogP contribution in [-0.4, -0.2) is 47.1 Å². The molecule has 116 valence electrons. The molecule has 0 heterocycles. The van der Waals surface area contributed by atoms with E-state index in [0.717, 1.165) is 18.6 Å². The molecule has 6 nitrogen and oxygen atoms in total. The molecule has 0 aliphatic rings. The van der Waals surface area contributed by atoms with Crippen LogP contribution in [0.2, 0.25) is 0 Å². The van der Waals surface area contributed by atoms with E-state index in [1.165, 1.54) is 11.8 Å². The van der Waals surface area contributed by atoms with Gasteiger partial charge < -0.3 is 15.2 Å². The average molecular weight is 305 g/mol. The zero-order valence-corrected chi connectivity index (χ0v) is 12.8. The minimum absolute atomic E-state index is 0.0198. The maximum atomic E-state index is 11.6. The number of aliphatic carboxylic acids is 1. The molecule has 2 N–H and O–H groups in total. The topological polar surface area (TPSA) is 92.7 Å². The molecule has 0 bridgehead atoms. The highest BCUT2D eigenvalue weighted by molar-refractivity contribution is 7.99. The number of carboxylic acids is 1. The molecule has 0 spiro atoms. The summed E-state index contributed by atoms with van der Waals surface area (Å²) in [5.74, 6) is -0.790. The highest BCUT2D eigenvalue weighted by Gasteiger charge is 2.21. The Kier molecular flexibility index (Phi) is 10.9. The zero-order valence-electron chi connectivity index (χ0n) is 12.0. The van der Waals surface area contributed by atoms with Gasteiger partial charge in [0.05, 0.1) is 12.4 Å². The number of thioether (sulfide) groups is 1. The Labute approximate surface area is 123 Å². The molecule has 0 aliphatic heterocycles. The van der Waals surface area contributed by atoms with Gasteiger partial charge in [0, 0.05) is 6.42 Å². The maximum absolute atomic E-state index is 11.6. The van der Waals surface area contributed by atoms with Gasteiger partial charge in [0.2, 0.25) is 5.91 Å². The van der Waals surface area contributed by atoms with Crippen LogP contribution in [0.3, 0.4) is 0 Å². The molecule has 0 rings (SSSR count). The van der Waals surface area contributed by atoms with Gasteiger partial charge in [-0.1, -0.05) is 13.3 Å². The van der Waals surface area contributed by atoms with Gasteiger partial charge in [-0.2, -0.15) is 11.8 Å². The van der Waals surface area contributed by atoms with E-state index in [-0.39, 0.29) is 31.1 Å². The zero-order chi connectivity index (χ0) is 15.4. The standard InChI is InChI=1S/C13H23NO5S/c1-3-5-8-20-9-11(15)14-10(13(17)18)6-7-12(16)19-4-2/h10H,3-9H2,1-2H3,(H,14,15)(H,17,18)/t10-/m0/s1. The first-order valence-corrected chi connectivity index (χ1v) is 7.92. The number of amides is 1.